The van der Waals surface area contributed by atoms with Gasteiger partial charge in [0.1, 0.15) is 6.04 Å². The van der Waals surface area contributed by atoms with Gasteiger partial charge >= 0.3 is 18.3 Å². The van der Waals surface area contributed by atoms with E-state index in [-0.39, 0.29) is 23.2 Å². The van der Waals surface area contributed by atoms with Crippen molar-refractivity contribution in [2.24, 2.45) is 0 Å². The molecule has 0 spiro atoms. The molecule has 206 valence electrons. The normalized spacial score (nSPS) is 12.6. The third-order valence-electron chi connectivity index (χ3n) is 6.08. The standard InChI is InChI=1S/C29H20F6N2O3/c30-28(31,32)22-13-11-19(12-14-22)18-5-3-17(4-6-18)16-24(27(39)40)37-26(38)21-9-7-20(8-10-21)25-23(29(33,34)35)2-1-15-36-25/h1-15,24H,16H2,(H,37,38)(H,39,40)/t24-/m0/s1. The van der Waals surface area contributed by atoms with Gasteiger partial charge in [-0.3, -0.25) is 9.78 Å². The van der Waals surface area contributed by atoms with Gasteiger partial charge in [0.15, 0.2) is 0 Å². The molecular weight excluding hydrogens is 538 g/mol. The number of carboxylic acids is 1. The lowest BCUT2D eigenvalue weighted by Gasteiger charge is -2.16. The quantitative estimate of drug-likeness (QED) is 0.243. The summed E-state index contributed by atoms with van der Waals surface area (Å²) in [6.45, 7) is 0. The number of halogens is 6. The van der Waals surface area contributed by atoms with E-state index in [0.29, 0.717) is 16.7 Å². The largest absolute Gasteiger partial charge is 0.480 e. The van der Waals surface area contributed by atoms with E-state index in [2.05, 4.69) is 10.3 Å². The van der Waals surface area contributed by atoms with Crippen molar-refractivity contribution in [1.82, 2.24) is 10.3 Å². The SMILES string of the molecule is O=C(N[C@@H](Cc1ccc(-c2ccc(C(F)(F)F)cc2)cc1)C(=O)O)c1ccc(-c2ncccc2C(F)(F)F)cc1. The maximum Gasteiger partial charge on any atom is 0.418 e. The Morgan fingerprint density at radius 2 is 1.30 bits per heavy atom. The van der Waals surface area contributed by atoms with Gasteiger partial charge in [0.05, 0.1) is 16.8 Å². The van der Waals surface area contributed by atoms with Crippen LogP contribution in [0.3, 0.4) is 0 Å². The Labute approximate surface area is 224 Å². The van der Waals surface area contributed by atoms with Gasteiger partial charge in [-0.25, -0.2) is 4.79 Å². The van der Waals surface area contributed by atoms with Crippen molar-refractivity contribution < 1.29 is 41.0 Å². The molecule has 2 N–H and O–H groups in total. The summed E-state index contributed by atoms with van der Waals surface area (Å²) in [6, 6.07) is 17.0. The Balaban J connectivity index is 1.44. The first-order valence-corrected chi connectivity index (χ1v) is 11.8. The molecule has 0 aliphatic heterocycles. The van der Waals surface area contributed by atoms with Crippen LogP contribution in [0.15, 0.2) is 91.1 Å². The molecule has 0 unspecified atom stereocenters. The zero-order valence-electron chi connectivity index (χ0n) is 20.4. The number of carboxylic acid groups (broad SMARTS) is 1. The molecule has 1 aromatic heterocycles. The van der Waals surface area contributed by atoms with Crippen molar-refractivity contribution in [3.8, 4) is 22.4 Å². The number of alkyl halides is 6. The van der Waals surface area contributed by atoms with E-state index in [0.717, 1.165) is 18.2 Å². The number of aliphatic carboxylic acids is 1. The van der Waals surface area contributed by atoms with Crippen molar-refractivity contribution in [3.05, 3.63) is 113 Å². The van der Waals surface area contributed by atoms with E-state index in [1.54, 1.807) is 24.3 Å². The van der Waals surface area contributed by atoms with Gasteiger partial charge in [-0.2, -0.15) is 26.3 Å². The summed E-state index contributed by atoms with van der Waals surface area (Å²) >= 11 is 0. The number of hydrogen-bond acceptors (Lipinski definition) is 3. The molecule has 3 aromatic carbocycles. The van der Waals surface area contributed by atoms with Crippen molar-refractivity contribution in [2.75, 3.05) is 0 Å². The fourth-order valence-corrected chi connectivity index (χ4v) is 4.01. The summed E-state index contributed by atoms with van der Waals surface area (Å²) in [4.78, 5) is 28.3. The maximum atomic E-state index is 13.3. The number of amides is 1. The topological polar surface area (TPSA) is 79.3 Å². The van der Waals surface area contributed by atoms with Crippen molar-refractivity contribution in [2.45, 2.75) is 24.8 Å². The molecule has 1 heterocycles. The van der Waals surface area contributed by atoms with Gasteiger partial charge < -0.3 is 10.4 Å². The summed E-state index contributed by atoms with van der Waals surface area (Å²) in [5.74, 6) is -2.04. The summed E-state index contributed by atoms with van der Waals surface area (Å²) < 4.78 is 78.3. The van der Waals surface area contributed by atoms with Crippen LogP contribution in [0, 0.1) is 0 Å². The summed E-state index contributed by atoms with van der Waals surface area (Å²) in [7, 11) is 0. The molecule has 1 atom stereocenters. The minimum atomic E-state index is -4.62. The Hall–Kier alpha value is -4.67. The number of benzene rings is 3. The van der Waals surface area contributed by atoms with Crippen LogP contribution in [0.4, 0.5) is 26.3 Å². The smallest absolute Gasteiger partial charge is 0.418 e. The number of nitrogens with zero attached hydrogens (tertiary/aromatic N) is 1. The van der Waals surface area contributed by atoms with Crippen LogP contribution in [-0.4, -0.2) is 28.0 Å². The van der Waals surface area contributed by atoms with E-state index in [9.17, 15) is 41.0 Å². The number of carbonyl (C=O) groups excluding carboxylic acids is 1. The first kappa shape index (κ1) is 28.3. The average Bonchev–Trinajstić information content (AvgIpc) is 2.92. The Morgan fingerprint density at radius 1 is 0.750 bits per heavy atom. The molecule has 4 aromatic rings. The van der Waals surface area contributed by atoms with Gasteiger partial charge in [0.2, 0.25) is 0 Å². The van der Waals surface area contributed by atoms with Gasteiger partial charge in [0, 0.05) is 23.7 Å². The molecule has 0 aliphatic rings. The van der Waals surface area contributed by atoms with E-state index in [1.807, 2.05) is 0 Å². The second-order valence-electron chi connectivity index (χ2n) is 8.82. The Morgan fingerprint density at radius 3 is 1.82 bits per heavy atom. The molecule has 5 nitrogen and oxygen atoms in total. The van der Waals surface area contributed by atoms with E-state index < -0.39 is 41.4 Å². The lowest BCUT2D eigenvalue weighted by molar-refractivity contribution is -0.139. The number of carbonyl (C=O) groups is 2. The number of pyridine rings is 1. The highest BCUT2D eigenvalue weighted by Gasteiger charge is 2.34. The highest BCUT2D eigenvalue weighted by molar-refractivity contribution is 5.97. The number of hydrogen-bond donors (Lipinski definition) is 2. The Kier molecular flexibility index (Phi) is 7.94. The molecule has 11 heteroatoms. The van der Waals surface area contributed by atoms with Crippen LogP contribution >= 0.6 is 0 Å². The molecule has 0 saturated heterocycles. The molecule has 40 heavy (non-hydrogen) atoms. The first-order valence-electron chi connectivity index (χ1n) is 11.8. The van der Waals surface area contributed by atoms with E-state index in [1.165, 1.54) is 48.7 Å². The molecule has 4 rings (SSSR count). The van der Waals surface area contributed by atoms with Gasteiger partial charge in [-0.15, -0.1) is 0 Å². The highest BCUT2D eigenvalue weighted by Crippen LogP contribution is 2.35. The summed E-state index contributed by atoms with van der Waals surface area (Å²) in [5, 5.41) is 12.0. The number of nitrogens with one attached hydrogen (secondary N) is 1. The summed E-state index contributed by atoms with van der Waals surface area (Å²) in [5.41, 5.74) is -0.120. The first-order chi connectivity index (χ1) is 18.8. The van der Waals surface area contributed by atoms with Crippen LogP contribution in [0.1, 0.15) is 27.0 Å². The van der Waals surface area contributed by atoms with Gasteiger partial charge in [0.25, 0.3) is 5.91 Å². The average molecular weight is 558 g/mol. The molecule has 0 bridgehead atoms. The minimum absolute atomic E-state index is 0.0390. The molecule has 0 saturated carbocycles. The minimum Gasteiger partial charge on any atom is -0.480 e. The lowest BCUT2D eigenvalue weighted by Crippen LogP contribution is -2.42. The van der Waals surface area contributed by atoms with Crippen LogP contribution in [0.5, 0.6) is 0 Å². The predicted octanol–water partition coefficient (Wildman–Crippen LogP) is 6.88. The third kappa shape index (κ3) is 6.66. The van der Waals surface area contributed by atoms with Crippen molar-refractivity contribution in [1.29, 1.82) is 0 Å². The van der Waals surface area contributed by atoms with Gasteiger partial charge in [-0.1, -0.05) is 48.5 Å². The molecule has 0 fully saturated rings. The maximum absolute atomic E-state index is 13.3. The highest BCUT2D eigenvalue weighted by atomic mass is 19.4. The van der Waals surface area contributed by atoms with Crippen LogP contribution in [0.25, 0.3) is 22.4 Å². The van der Waals surface area contributed by atoms with Crippen molar-refractivity contribution >= 4 is 11.9 Å². The molecular formula is C29H20F6N2O3. The Bertz CT molecular complexity index is 1500. The zero-order chi connectivity index (χ0) is 29.1. The van der Waals surface area contributed by atoms with E-state index >= 15 is 0 Å². The number of aromatic nitrogens is 1. The molecule has 1 amide bonds. The van der Waals surface area contributed by atoms with Crippen LogP contribution in [0.2, 0.25) is 0 Å². The zero-order valence-corrected chi connectivity index (χ0v) is 20.4. The molecule has 0 radical (unpaired) electrons. The van der Waals surface area contributed by atoms with E-state index in [4.69, 9.17) is 0 Å². The fraction of sp³-hybridized carbons (Fsp3) is 0.138. The monoisotopic (exact) mass is 558 g/mol. The van der Waals surface area contributed by atoms with Crippen LogP contribution < -0.4 is 5.32 Å². The molecule has 0 aliphatic carbocycles. The summed E-state index contributed by atoms with van der Waals surface area (Å²) in [6.07, 6.45) is -7.94. The fourth-order valence-electron chi connectivity index (χ4n) is 4.01. The number of rotatable bonds is 7. The van der Waals surface area contributed by atoms with Crippen LogP contribution in [-0.2, 0) is 23.6 Å². The third-order valence-corrected chi connectivity index (χ3v) is 6.08. The predicted molar refractivity (Wildman–Crippen MR) is 134 cm³/mol. The van der Waals surface area contributed by atoms with Gasteiger partial charge in [-0.05, 0) is 53.1 Å². The van der Waals surface area contributed by atoms with Crippen molar-refractivity contribution in [3.63, 3.8) is 0 Å². The second-order valence-corrected chi connectivity index (χ2v) is 8.82. The second kappa shape index (κ2) is 11.2. The lowest BCUT2D eigenvalue weighted by atomic mass is 9.99.